The topological polar surface area (TPSA) is 88.2 Å². The average Bonchev–Trinajstić information content (AvgIpc) is 2.94. The van der Waals surface area contributed by atoms with Crippen molar-refractivity contribution in [3.8, 4) is 0 Å². The van der Waals surface area contributed by atoms with E-state index in [9.17, 15) is 4.79 Å². The maximum Gasteiger partial charge on any atom is 0.335 e. The van der Waals surface area contributed by atoms with Crippen LogP contribution in [0.4, 0.5) is 11.5 Å². The van der Waals surface area contributed by atoms with E-state index in [2.05, 4.69) is 15.3 Å². The molecule has 126 valence electrons. The summed E-state index contributed by atoms with van der Waals surface area (Å²) in [5, 5.41) is 13.2. The first-order valence-corrected chi connectivity index (χ1v) is 7.38. The summed E-state index contributed by atoms with van der Waals surface area (Å²) in [4.78, 5) is 20.0. The predicted octanol–water partition coefficient (Wildman–Crippen LogP) is 1.13. The van der Waals surface area contributed by atoms with E-state index in [1.807, 2.05) is 24.3 Å². The summed E-state index contributed by atoms with van der Waals surface area (Å²) in [5.74, 6) is 0.133. The van der Waals surface area contributed by atoms with Gasteiger partial charge >= 0.3 is 5.97 Å². The highest BCUT2D eigenvalue weighted by molar-refractivity contribution is 6.06. The van der Waals surface area contributed by atoms with Crippen molar-refractivity contribution in [1.29, 1.82) is 0 Å². The molecule has 4 aromatic rings. The lowest BCUT2D eigenvalue weighted by molar-refractivity contribution is -0.0000208. The third kappa shape index (κ3) is 2.99. The minimum atomic E-state index is -0.980. The van der Waals surface area contributed by atoms with Gasteiger partial charge in [0.25, 0.3) is 0 Å². The number of hydrogen-bond acceptors (Lipinski definition) is 5. The Balaban J connectivity index is 0.00000182. The number of carboxylic acid groups (broad SMARTS) is 1. The Morgan fingerprint density at radius 3 is 2.72 bits per heavy atom. The molecule has 4 rings (SSSR count). The molecule has 2 aromatic heterocycles. The van der Waals surface area contributed by atoms with Crippen molar-refractivity contribution in [3.05, 3.63) is 59.9 Å². The predicted molar refractivity (Wildman–Crippen MR) is 90.7 cm³/mol. The molecule has 0 aliphatic carbocycles. The van der Waals surface area contributed by atoms with Crippen molar-refractivity contribution < 1.29 is 26.7 Å². The van der Waals surface area contributed by atoms with Crippen molar-refractivity contribution in [2.24, 2.45) is 0 Å². The lowest BCUT2D eigenvalue weighted by Crippen LogP contribution is -3.00. The number of carbonyl (C=O) groups is 1. The fraction of sp³-hybridized carbons (Fsp3) is 0.0556. The van der Waals surface area contributed by atoms with E-state index >= 15 is 0 Å². The summed E-state index contributed by atoms with van der Waals surface area (Å²) < 4.78 is 5.88. The molecular formula is C18H13ClN3O3-. The van der Waals surface area contributed by atoms with Crippen LogP contribution in [0.15, 0.2) is 52.9 Å². The van der Waals surface area contributed by atoms with Crippen molar-refractivity contribution in [1.82, 2.24) is 9.97 Å². The van der Waals surface area contributed by atoms with Crippen LogP contribution in [0.2, 0.25) is 0 Å². The molecule has 2 heterocycles. The van der Waals surface area contributed by atoms with Crippen LogP contribution in [-0.2, 0) is 0 Å². The number of furan rings is 1. The molecular weight excluding hydrogens is 342 g/mol. The molecule has 0 radical (unpaired) electrons. The quantitative estimate of drug-likeness (QED) is 0.573. The van der Waals surface area contributed by atoms with E-state index in [0.29, 0.717) is 22.9 Å². The average molecular weight is 355 g/mol. The number of hydrogen-bond donors (Lipinski definition) is 2. The van der Waals surface area contributed by atoms with Crippen LogP contribution in [0.3, 0.4) is 0 Å². The number of aryl methyl sites for hydroxylation is 1. The van der Waals surface area contributed by atoms with Crippen LogP contribution >= 0.6 is 0 Å². The molecule has 0 saturated carbocycles. The Hall–Kier alpha value is -3.12. The number of nitrogens with zero attached hydrogens (tertiary/aromatic N) is 2. The number of aromatic nitrogens is 2. The van der Waals surface area contributed by atoms with Gasteiger partial charge in [-0.3, -0.25) is 0 Å². The second-order valence-corrected chi connectivity index (χ2v) is 5.41. The molecule has 2 aromatic carbocycles. The lowest BCUT2D eigenvalue weighted by atomic mass is 10.2. The minimum Gasteiger partial charge on any atom is -1.00 e. The molecule has 0 amide bonds. The van der Waals surface area contributed by atoms with Gasteiger partial charge in [-0.2, -0.15) is 0 Å². The molecule has 0 fully saturated rings. The van der Waals surface area contributed by atoms with Crippen LogP contribution < -0.4 is 17.7 Å². The van der Waals surface area contributed by atoms with Crippen molar-refractivity contribution in [3.63, 3.8) is 0 Å². The van der Waals surface area contributed by atoms with E-state index < -0.39 is 5.97 Å². The van der Waals surface area contributed by atoms with Gasteiger partial charge < -0.3 is 27.2 Å². The largest absolute Gasteiger partial charge is 1.00 e. The molecule has 0 aliphatic rings. The number of anilines is 2. The fourth-order valence-corrected chi connectivity index (χ4v) is 2.65. The van der Waals surface area contributed by atoms with Crippen molar-refractivity contribution >= 4 is 39.5 Å². The molecule has 0 bridgehead atoms. The third-order valence-corrected chi connectivity index (χ3v) is 3.70. The van der Waals surface area contributed by atoms with Gasteiger partial charge in [0.05, 0.1) is 5.56 Å². The maximum absolute atomic E-state index is 11.1. The van der Waals surface area contributed by atoms with Gasteiger partial charge in [0.2, 0.25) is 0 Å². The Kier molecular flexibility index (Phi) is 4.29. The molecule has 2 N–H and O–H groups in total. The molecule has 25 heavy (non-hydrogen) atoms. The molecule has 0 saturated heterocycles. The number of para-hydroxylation sites is 1. The molecule has 0 unspecified atom stereocenters. The number of benzene rings is 2. The minimum absolute atomic E-state index is 0. The third-order valence-electron chi connectivity index (χ3n) is 3.70. The van der Waals surface area contributed by atoms with Gasteiger partial charge in [-0.1, -0.05) is 18.2 Å². The van der Waals surface area contributed by atoms with Crippen LogP contribution in [0.1, 0.15) is 16.2 Å². The first kappa shape index (κ1) is 16.7. The number of fused-ring (bicyclic) bond motifs is 3. The van der Waals surface area contributed by atoms with Gasteiger partial charge in [0.1, 0.15) is 16.9 Å². The smallest absolute Gasteiger partial charge is 0.335 e. The van der Waals surface area contributed by atoms with Gasteiger partial charge in [0.15, 0.2) is 11.4 Å². The Bertz CT molecular complexity index is 1090. The monoisotopic (exact) mass is 354 g/mol. The molecule has 6 nitrogen and oxygen atoms in total. The van der Waals surface area contributed by atoms with Crippen molar-refractivity contribution in [2.75, 3.05) is 5.32 Å². The standard InChI is InChI=1S/C18H13N3O3.ClH/c1-10-19-15-13-7-2-3-8-14(13)24-16(15)17(20-10)21-12-6-4-5-11(9-12)18(22)23;/h2-9H,1H3,(H,22,23)(H,19,20,21);1H/p-1. The zero-order valence-electron chi connectivity index (χ0n) is 13.2. The van der Waals surface area contributed by atoms with E-state index in [0.717, 1.165) is 16.5 Å². The first-order valence-electron chi connectivity index (χ1n) is 7.38. The lowest BCUT2D eigenvalue weighted by Gasteiger charge is -2.07. The highest BCUT2D eigenvalue weighted by Crippen LogP contribution is 2.32. The summed E-state index contributed by atoms with van der Waals surface area (Å²) in [6, 6.07) is 14.2. The first-order chi connectivity index (χ1) is 11.6. The zero-order chi connectivity index (χ0) is 16.7. The second kappa shape index (κ2) is 6.41. The highest BCUT2D eigenvalue weighted by atomic mass is 35.5. The van der Waals surface area contributed by atoms with Gasteiger partial charge in [-0.15, -0.1) is 0 Å². The summed E-state index contributed by atoms with van der Waals surface area (Å²) in [6.07, 6.45) is 0. The summed E-state index contributed by atoms with van der Waals surface area (Å²) >= 11 is 0. The highest BCUT2D eigenvalue weighted by Gasteiger charge is 2.15. The van der Waals surface area contributed by atoms with Crippen LogP contribution in [0.5, 0.6) is 0 Å². The summed E-state index contributed by atoms with van der Waals surface area (Å²) in [7, 11) is 0. The summed E-state index contributed by atoms with van der Waals surface area (Å²) in [6.45, 7) is 1.81. The molecule has 7 heteroatoms. The number of halogens is 1. The van der Waals surface area contributed by atoms with Crippen LogP contribution in [0, 0.1) is 6.92 Å². The SMILES string of the molecule is Cc1nc(Nc2cccc(C(=O)O)c2)c2oc3ccccc3c2n1.[Cl-]. The molecule has 0 aliphatic heterocycles. The van der Waals surface area contributed by atoms with E-state index in [1.165, 1.54) is 6.07 Å². The number of rotatable bonds is 3. The van der Waals surface area contributed by atoms with Crippen LogP contribution in [-0.4, -0.2) is 21.0 Å². The Labute approximate surface area is 148 Å². The van der Waals surface area contributed by atoms with Crippen molar-refractivity contribution in [2.45, 2.75) is 6.92 Å². The second-order valence-electron chi connectivity index (χ2n) is 5.41. The van der Waals surface area contributed by atoms with E-state index in [1.54, 1.807) is 25.1 Å². The normalized spacial score (nSPS) is 10.6. The number of carboxylic acids is 1. The fourth-order valence-electron chi connectivity index (χ4n) is 2.65. The van der Waals surface area contributed by atoms with E-state index in [4.69, 9.17) is 9.52 Å². The molecule has 0 atom stereocenters. The van der Waals surface area contributed by atoms with Gasteiger partial charge in [0, 0.05) is 11.1 Å². The van der Waals surface area contributed by atoms with Gasteiger partial charge in [-0.05, 0) is 37.3 Å². The van der Waals surface area contributed by atoms with Gasteiger partial charge in [-0.25, -0.2) is 14.8 Å². The number of nitrogens with one attached hydrogen (secondary N) is 1. The van der Waals surface area contributed by atoms with E-state index in [-0.39, 0.29) is 18.0 Å². The maximum atomic E-state index is 11.1. The number of aromatic carboxylic acids is 1. The zero-order valence-corrected chi connectivity index (χ0v) is 13.9. The Morgan fingerprint density at radius 2 is 1.92 bits per heavy atom. The molecule has 0 spiro atoms. The summed E-state index contributed by atoms with van der Waals surface area (Å²) in [5.41, 5.74) is 2.83. The van der Waals surface area contributed by atoms with Crippen LogP contribution in [0.25, 0.3) is 22.1 Å². The Morgan fingerprint density at radius 1 is 1.12 bits per heavy atom.